The number of benzene rings is 1. The van der Waals surface area contributed by atoms with E-state index in [1.54, 1.807) is 0 Å². The van der Waals surface area contributed by atoms with E-state index in [-0.39, 0.29) is 11.7 Å². The van der Waals surface area contributed by atoms with Gasteiger partial charge in [-0.25, -0.2) is 0 Å². The van der Waals surface area contributed by atoms with Crippen LogP contribution in [0.1, 0.15) is 65.5 Å². The summed E-state index contributed by atoms with van der Waals surface area (Å²) in [6.07, 6.45) is 6.37. The predicted octanol–water partition coefficient (Wildman–Crippen LogP) is 4.18. The third-order valence-electron chi connectivity index (χ3n) is 7.04. The van der Waals surface area contributed by atoms with Gasteiger partial charge in [-0.05, 0) is 44.7 Å². The Bertz CT molecular complexity index is 904. The first kappa shape index (κ1) is 21.8. The van der Waals surface area contributed by atoms with Crippen molar-refractivity contribution >= 4 is 11.7 Å². The number of piperazine rings is 1. The van der Waals surface area contributed by atoms with Crippen LogP contribution >= 0.6 is 0 Å². The van der Waals surface area contributed by atoms with Crippen molar-refractivity contribution in [3.8, 4) is 0 Å². The number of aromatic nitrogens is 1. The van der Waals surface area contributed by atoms with Gasteiger partial charge >= 0.3 is 0 Å². The molecule has 1 saturated heterocycles. The highest BCUT2D eigenvalue weighted by molar-refractivity contribution is 5.99. The summed E-state index contributed by atoms with van der Waals surface area (Å²) in [5, 5.41) is 0. The lowest BCUT2D eigenvalue weighted by Gasteiger charge is -2.34. The van der Waals surface area contributed by atoms with Gasteiger partial charge in [0.15, 0.2) is 5.78 Å². The molecule has 0 radical (unpaired) electrons. The van der Waals surface area contributed by atoms with Gasteiger partial charge in [0.2, 0.25) is 5.91 Å². The smallest absolute Gasteiger partial charge is 0.222 e. The van der Waals surface area contributed by atoms with Crippen LogP contribution in [0.3, 0.4) is 0 Å². The second kappa shape index (κ2) is 9.82. The highest BCUT2D eigenvalue weighted by Gasteiger charge is 2.26. The van der Waals surface area contributed by atoms with E-state index in [2.05, 4.69) is 41.5 Å². The zero-order chi connectivity index (χ0) is 21.8. The molecule has 31 heavy (non-hydrogen) atoms. The van der Waals surface area contributed by atoms with Gasteiger partial charge < -0.3 is 9.47 Å². The molecule has 1 saturated carbocycles. The molecule has 2 fully saturated rings. The number of Topliss-reactive ketones (excluding diaryl/α,β-unsaturated/α-hetero) is 1. The highest BCUT2D eigenvalue weighted by atomic mass is 16.2. The Morgan fingerprint density at radius 1 is 0.968 bits per heavy atom. The molecule has 1 aliphatic heterocycles. The van der Waals surface area contributed by atoms with E-state index >= 15 is 0 Å². The Morgan fingerprint density at radius 2 is 1.65 bits per heavy atom. The van der Waals surface area contributed by atoms with Crippen molar-refractivity contribution in [3.05, 3.63) is 58.9 Å². The number of nitrogens with zero attached hydrogens (tertiary/aromatic N) is 3. The molecule has 1 aromatic heterocycles. The largest absolute Gasteiger partial charge is 0.345 e. The Kier molecular flexibility index (Phi) is 6.91. The van der Waals surface area contributed by atoms with Gasteiger partial charge in [-0.2, -0.15) is 0 Å². The van der Waals surface area contributed by atoms with Crippen LogP contribution in [0.2, 0.25) is 0 Å². The zero-order valence-corrected chi connectivity index (χ0v) is 19.0. The molecule has 0 bridgehead atoms. The summed E-state index contributed by atoms with van der Waals surface area (Å²) in [6.45, 7) is 7.63. The third-order valence-corrected chi connectivity index (χ3v) is 7.04. The first-order valence-corrected chi connectivity index (χ1v) is 11.8. The molecule has 0 N–H and O–H groups in total. The van der Waals surface area contributed by atoms with Gasteiger partial charge in [0.05, 0.1) is 6.54 Å². The average Bonchev–Trinajstić information content (AvgIpc) is 3.40. The minimum absolute atomic E-state index is 0.209. The molecule has 5 nitrogen and oxygen atoms in total. The van der Waals surface area contributed by atoms with Gasteiger partial charge in [0, 0.05) is 55.6 Å². The molecule has 2 aliphatic rings. The SMILES string of the molecule is Cc1cc(C(=O)CN2CCN(C(=O)CCc3ccccc3)CC2)c(C)n1C1CCCC1. The maximum atomic E-state index is 13.1. The summed E-state index contributed by atoms with van der Waals surface area (Å²) in [5.41, 5.74) is 4.42. The topological polar surface area (TPSA) is 45.6 Å². The van der Waals surface area contributed by atoms with Gasteiger partial charge in [-0.1, -0.05) is 43.2 Å². The number of ketones is 1. The van der Waals surface area contributed by atoms with Crippen LogP contribution < -0.4 is 0 Å². The molecule has 1 amide bonds. The zero-order valence-electron chi connectivity index (χ0n) is 19.0. The van der Waals surface area contributed by atoms with Crippen molar-refractivity contribution < 1.29 is 9.59 Å². The minimum Gasteiger partial charge on any atom is -0.345 e. The van der Waals surface area contributed by atoms with E-state index in [9.17, 15) is 9.59 Å². The molecular formula is C26H35N3O2. The summed E-state index contributed by atoms with van der Waals surface area (Å²) >= 11 is 0. The van der Waals surface area contributed by atoms with E-state index in [1.165, 1.54) is 36.9 Å². The van der Waals surface area contributed by atoms with E-state index in [1.807, 2.05) is 23.1 Å². The maximum Gasteiger partial charge on any atom is 0.222 e. The van der Waals surface area contributed by atoms with Gasteiger partial charge in [-0.3, -0.25) is 14.5 Å². The molecule has 0 unspecified atom stereocenters. The number of hydrogen-bond acceptors (Lipinski definition) is 3. The highest BCUT2D eigenvalue weighted by Crippen LogP contribution is 2.33. The summed E-state index contributed by atoms with van der Waals surface area (Å²) in [5.74, 6) is 0.427. The number of rotatable bonds is 7. The molecule has 1 aromatic carbocycles. The van der Waals surface area contributed by atoms with Crippen molar-refractivity contribution in [2.75, 3.05) is 32.7 Å². The summed E-state index contributed by atoms with van der Waals surface area (Å²) in [4.78, 5) is 29.8. The van der Waals surface area contributed by atoms with Crippen molar-refractivity contribution in [3.63, 3.8) is 0 Å². The van der Waals surface area contributed by atoms with Crippen LogP contribution in [0.25, 0.3) is 0 Å². The van der Waals surface area contributed by atoms with Crippen LogP contribution in [0.4, 0.5) is 0 Å². The van der Waals surface area contributed by atoms with Crippen LogP contribution in [0, 0.1) is 13.8 Å². The number of carbonyl (C=O) groups is 2. The van der Waals surface area contributed by atoms with Crippen molar-refractivity contribution in [1.29, 1.82) is 0 Å². The summed E-state index contributed by atoms with van der Waals surface area (Å²) in [7, 11) is 0. The fourth-order valence-corrected chi connectivity index (χ4v) is 5.28. The molecule has 4 rings (SSSR count). The fourth-order valence-electron chi connectivity index (χ4n) is 5.28. The number of amides is 1. The quantitative estimate of drug-likeness (QED) is 0.630. The van der Waals surface area contributed by atoms with Crippen molar-refractivity contribution in [2.24, 2.45) is 0 Å². The first-order chi connectivity index (χ1) is 15.0. The molecule has 0 spiro atoms. The molecule has 2 heterocycles. The number of hydrogen-bond donors (Lipinski definition) is 0. The van der Waals surface area contributed by atoms with E-state index < -0.39 is 0 Å². The molecule has 0 atom stereocenters. The van der Waals surface area contributed by atoms with Crippen LogP contribution in [-0.4, -0.2) is 58.8 Å². The first-order valence-electron chi connectivity index (χ1n) is 11.8. The van der Waals surface area contributed by atoms with Gasteiger partial charge in [0.1, 0.15) is 0 Å². The molecule has 2 aromatic rings. The van der Waals surface area contributed by atoms with E-state index in [0.29, 0.717) is 32.1 Å². The average molecular weight is 422 g/mol. The predicted molar refractivity (Wildman–Crippen MR) is 124 cm³/mol. The number of aryl methyl sites for hydroxylation is 2. The fraction of sp³-hybridized carbons (Fsp3) is 0.538. The Morgan fingerprint density at radius 3 is 2.32 bits per heavy atom. The van der Waals surface area contributed by atoms with Crippen LogP contribution in [0.15, 0.2) is 36.4 Å². The summed E-state index contributed by atoms with van der Waals surface area (Å²) in [6, 6.07) is 12.8. The van der Waals surface area contributed by atoms with Crippen LogP contribution in [-0.2, 0) is 11.2 Å². The number of carbonyl (C=O) groups excluding carboxylic acids is 2. The molecule has 1 aliphatic carbocycles. The Hall–Kier alpha value is -2.40. The molecule has 166 valence electrons. The minimum atomic E-state index is 0.209. The van der Waals surface area contributed by atoms with Crippen LogP contribution in [0.5, 0.6) is 0 Å². The lowest BCUT2D eigenvalue weighted by atomic mass is 10.1. The van der Waals surface area contributed by atoms with E-state index in [0.717, 1.165) is 30.8 Å². The molecular weight excluding hydrogens is 386 g/mol. The summed E-state index contributed by atoms with van der Waals surface area (Å²) < 4.78 is 2.39. The normalized spacial score (nSPS) is 17.9. The van der Waals surface area contributed by atoms with Crippen molar-refractivity contribution in [1.82, 2.24) is 14.4 Å². The van der Waals surface area contributed by atoms with Crippen molar-refractivity contribution in [2.45, 2.75) is 58.4 Å². The third kappa shape index (κ3) is 5.09. The van der Waals surface area contributed by atoms with E-state index in [4.69, 9.17) is 0 Å². The monoisotopic (exact) mass is 421 g/mol. The molecule has 5 heteroatoms. The lowest BCUT2D eigenvalue weighted by Crippen LogP contribution is -2.50. The van der Waals surface area contributed by atoms with Gasteiger partial charge in [-0.15, -0.1) is 0 Å². The lowest BCUT2D eigenvalue weighted by molar-refractivity contribution is -0.132. The maximum absolute atomic E-state index is 13.1. The standard InChI is InChI=1S/C26H35N3O2/c1-20-18-24(21(2)29(20)23-10-6-7-11-23)25(30)19-27-14-16-28(17-15-27)26(31)13-12-22-8-4-3-5-9-22/h3-5,8-9,18,23H,6-7,10-17,19H2,1-2H3. The Labute approximate surface area is 186 Å². The second-order valence-electron chi connectivity index (χ2n) is 9.16. The van der Waals surface area contributed by atoms with Gasteiger partial charge in [0.25, 0.3) is 0 Å². The second-order valence-corrected chi connectivity index (χ2v) is 9.16. The Balaban J connectivity index is 1.27.